The zero-order valence-corrected chi connectivity index (χ0v) is 21.0. The first-order chi connectivity index (χ1) is 14.5. The summed E-state index contributed by atoms with van der Waals surface area (Å²) in [6.45, 7) is 9.83. The van der Waals surface area contributed by atoms with Gasteiger partial charge in [-0.3, -0.25) is 9.59 Å². The quantitative estimate of drug-likeness (QED) is 0.513. The van der Waals surface area contributed by atoms with Gasteiger partial charge in [0.25, 0.3) is 0 Å². The number of aryl methyl sites for hydroxylation is 1. The van der Waals surface area contributed by atoms with E-state index in [0.29, 0.717) is 10.0 Å². The maximum atomic E-state index is 13.1. The fraction of sp³-hybridized carbons (Fsp3) is 0.417. The van der Waals surface area contributed by atoms with Crippen molar-refractivity contribution in [2.24, 2.45) is 0 Å². The van der Waals surface area contributed by atoms with Crippen molar-refractivity contribution in [1.29, 1.82) is 0 Å². The molecule has 0 aliphatic rings. The van der Waals surface area contributed by atoms with E-state index in [1.54, 1.807) is 24.0 Å². The summed E-state index contributed by atoms with van der Waals surface area (Å²) < 4.78 is 0. The maximum Gasteiger partial charge on any atom is 0.242 e. The van der Waals surface area contributed by atoms with Crippen molar-refractivity contribution in [3.8, 4) is 0 Å². The third-order valence-corrected chi connectivity index (χ3v) is 6.34. The average Bonchev–Trinajstić information content (AvgIpc) is 2.68. The Morgan fingerprint density at radius 3 is 2.23 bits per heavy atom. The molecule has 0 aliphatic heterocycles. The number of nitrogens with zero attached hydrogens (tertiary/aromatic N) is 1. The lowest BCUT2D eigenvalue weighted by atomic mass is 10.1. The van der Waals surface area contributed by atoms with Gasteiger partial charge in [0.05, 0.1) is 15.8 Å². The highest BCUT2D eigenvalue weighted by atomic mass is 35.5. The molecule has 0 bridgehead atoms. The van der Waals surface area contributed by atoms with Crippen LogP contribution >= 0.6 is 35.0 Å². The summed E-state index contributed by atoms with van der Waals surface area (Å²) in [5.41, 5.74) is 2.81. The normalized spacial score (nSPS) is 12.4. The molecular weight excluding hydrogens is 451 g/mol. The van der Waals surface area contributed by atoms with Crippen molar-refractivity contribution < 1.29 is 9.59 Å². The Morgan fingerprint density at radius 2 is 1.65 bits per heavy atom. The Morgan fingerprint density at radius 1 is 1.03 bits per heavy atom. The molecule has 168 valence electrons. The number of hydrogen-bond acceptors (Lipinski definition) is 3. The average molecular weight is 481 g/mol. The molecule has 2 aromatic rings. The smallest absolute Gasteiger partial charge is 0.242 e. The summed E-state index contributed by atoms with van der Waals surface area (Å²) in [6.07, 6.45) is 0. The number of nitrogens with one attached hydrogen (secondary N) is 1. The third-order valence-electron chi connectivity index (χ3n) is 4.62. The maximum absolute atomic E-state index is 13.1. The van der Waals surface area contributed by atoms with Crippen LogP contribution in [0.5, 0.6) is 0 Å². The Balaban J connectivity index is 2.12. The van der Waals surface area contributed by atoms with Crippen molar-refractivity contribution in [1.82, 2.24) is 10.2 Å². The number of thioether (sulfide) groups is 1. The SMILES string of the molecule is Cc1ccc(CSCC(=O)N(Cc2ccc(Cl)c(Cl)c2)[C@@H](C)C(=O)NC(C)(C)C)cc1. The van der Waals surface area contributed by atoms with Gasteiger partial charge in [-0.15, -0.1) is 11.8 Å². The number of carbonyl (C=O) groups excluding carboxylic acids is 2. The predicted octanol–water partition coefficient (Wildman–Crippen LogP) is 5.87. The van der Waals surface area contributed by atoms with Crippen LogP contribution in [0.2, 0.25) is 10.0 Å². The van der Waals surface area contributed by atoms with E-state index < -0.39 is 6.04 Å². The van der Waals surface area contributed by atoms with Crippen LogP contribution in [0.3, 0.4) is 0 Å². The third kappa shape index (κ3) is 8.40. The summed E-state index contributed by atoms with van der Waals surface area (Å²) in [5.74, 6) is 0.724. The molecular formula is C24H30Cl2N2O2S. The van der Waals surface area contributed by atoms with Crippen LogP contribution in [0, 0.1) is 6.92 Å². The molecule has 0 aliphatic carbocycles. The highest BCUT2D eigenvalue weighted by Gasteiger charge is 2.28. The van der Waals surface area contributed by atoms with Crippen molar-refractivity contribution in [3.05, 3.63) is 69.2 Å². The highest BCUT2D eigenvalue weighted by Crippen LogP contribution is 2.24. The van der Waals surface area contributed by atoms with Crippen LogP contribution in [0.25, 0.3) is 0 Å². The molecule has 0 spiro atoms. The number of hydrogen-bond donors (Lipinski definition) is 1. The van der Waals surface area contributed by atoms with Gasteiger partial charge in [0.15, 0.2) is 0 Å². The second kappa shape index (κ2) is 11.3. The minimum Gasteiger partial charge on any atom is -0.350 e. The van der Waals surface area contributed by atoms with E-state index in [1.807, 2.05) is 33.8 Å². The lowest BCUT2D eigenvalue weighted by Gasteiger charge is -2.31. The van der Waals surface area contributed by atoms with Crippen molar-refractivity contribution in [3.63, 3.8) is 0 Å². The first kappa shape index (κ1) is 25.6. The molecule has 0 saturated heterocycles. The van der Waals surface area contributed by atoms with Crippen LogP contribution in [0.1, 0.15) is 44.4 Å². The van der Waals surface area contributed by atoms with E-state index in [0.717, 1.165) is 16.9 Å². The Bertz CT molecular complexity index is 911. The number of halogens is 2. The minimum atomic E-state index is -0.624. The monoisotopic (exact) mass is 480 g/mol. The topological polar surface area (TPSA) is 49.4 Å². The van der Waals surface area contributed by atoms with Gasteiger partial charge in [-0.2, -0.15) is 0 Å². The van der Waals surface area contributed by atoms with Gasteiger partial charge < -0.3 is 10.2 Å². The number of rotatable bonds is 8. The molecule has 0 aromatic heterocycles. The molecule has 1 atom stereocenters. The second-order valence-corrected chi connectivity index (χ2v) is 10.5. The van der Waals surface area contributed by atoms with Gasteiger partial charge in [0.2, 0.25) is 11.8 Å². The highest BCUT2D eigenvalue weighted by molar-refractivity contribution is 7.99. The zero-order chi connectivity index (χ0) is 23.2. The summed E-state index contributed by atoms with van der Waals surface area (Å²) in [5, 5.41) is 3.84. The minimum absolute atomic E-state index is 0.0975. The fourth-order valence-electron chi connectivity index (χ4n) is 2.91. The molecule has 1 N–H and O–H groups in total. The van der Waals surface area contributed by atoms with Gasteiger partial charge in [-0.1, -0.05) is 59.1 Å². The summed E-state index contributed by atoms with van der Waals surface area (Å²) >= 11 is 13.7. The van der Waals surface area contributed by atoms with E-state index in [2.05, 4.69) is 29.6 Å². The van der Waals surface area contributed by atoms with E-state index in [1.165, 1.54) is 17.3 Å². The summed E-state index contributed by atoms with van der Waals surface area (Å²) in [7, 11) is 0. The van der Waals surface area contributed by atoms with Gasteiger partial charge in [-0.25, -0.2) is 0 Å². The molecule has 31 heavy (non-hydrogen) atoms. The van der Waals surface area contributed by atoms with Crippen LogP contribution in [-0.2, 0) is 21.9 Å². The Kier molecular flexibility index (Phi) is 9.28. The molecule has 0 heterocycles. The lowest BCUT2D eigenvalue weighted by Crippen LogP contribution is -2.52. The largest absolute Gasteiger partial charge is 0.350 e. The Labute approximate surface area is 199 Å². The second-order valence-electron chi connectivity index (χ2n) is 8.66. The molecule has 2 amide bonds. The summed E-state index contributed by atoms with van der Waals surface area (Å²) in [4.78, 5) is 27.5. The molecule has 4 nitrogen and oxygen atoms in total. The summed E-state index contributed by atoms with van der Waals surface area (Å²) in [6, 6.07) is 12.9. The van der Waals surface area contributed by atoms with E-state index >= 15 is 0 Å². The van der Waals surface area contributed by atoms with Crippen LogP contribution in [0.4, 0.5) is 0 Å². The molecule has 2 aromatic carbocycles. The molecule has 7 heteroatoms. The van der Waals surface area contributed by atoms with Gasteiger partial charge >= 0.3 is 0 Å². The molecule has 0 unspecified atom stereocenters. The predicted molar refractivity (Wildman–Crippen MR) is 132 cm³/mol. The first-order valence-corrected chi connectivity index (χ1v) is 12.1. The molecule has 0 radical (unpaired) electrons. The van der Waals surface area contributed by atoms with Crippen LogP contribution < -0.4 is 5.32 Å². The fourth-order valence-corrected chi connectivity index (χ4v) is 4.11. The number of benzene rings is 2. The van der Waals surface area contributed by atoms with Crippen LogP contribution in [-0.4, -0.2) is 34.0 Å². The standard InChI is InChI=1S/C24H30Cl2N2O2S/c1-16-6-8-18(9-7-16)14-31-15-22(29)28(17(2)23(30)27-24(3,4)5)13-19-10-11-20(25)21(26)12-19/h6-12,17H,13-15H2,1-5H3,(H,27,30)/t17-/m0/s1. The lowest BCUT2D eigenvalue weighted by molar-refractivity contribution is -0.139. The zero-order valence-electron chi connectivity index (χ0n) is 18.7. The van der Waals surface area contributed by atoms with Gasteiger partial charge in [0, 0.05) is 17.8 Å². The van der Waals surface area contributed by atoms with Crippen molar-refractivity contribution in [2.75, 3.05) is 5.75 Å². The number of amides is 2. The Hall–Kier alpha value is -1.69. The van der Waals surface area contributed by atoms with Crippen molar-refractivity contribution in [2.45, 2.75) is 58.5 Å². The van der Waals surface area contributed by atoms with E-state index in [9.17, 15) is 9.59 Å². The van der Waals surface area contributed by atoms with E-state index in [-0.39, 0.29) is 29.7 Å². The molecule has 2 rings (SSSR count). The van der Waals surface area contributed by atoms with Gasteiger partial charge in [-0.05, 0) is 57.9 Å². The van der Waals surface area contributed by atoms with Crippen molar-refractivity contribution >= 4 is 46.8 Å². The molecule has 0 fully saturated rings. The van der Waals surface area contributed by atoms with Gasteiger partial charge in [0.1, 0.15) is 6.04 Å². The van der Waals surface area contributed by atoms with E-state index in [4.69, 9.17) is 23.2 Å². The molecule has 0 saturated carbocycles. The first-order valence-electron chi connectivity index (χ1n) is 10.1. The number of carbonyl (C=O) groups is 2. The van der Waals surface area contributed by atoms with Crippen LogP contribution in [0.15, 0.2) is 42.5 Å².